The van der Waals surface area contributed by atoms with Crippen LogP contribution < -0.4 is 22.7 Å². The molecule has 0 spiro atoms. The van der Waals surface area contributed by atoms with Gasteiger partial charge in [0.25, 0.3) is 0 Å². The molecule has 20 heavy (non-hydrogen) atoms. The number of halogens is 1. The predicted octanol–water partition coefficient (Wildman–Crippen LogP) is -1.62. The zero-order chi connectivity index (χ0) is 12.8. The molecule has 2 aromatic rings. The van der Waals surface area contributed by atoms with E-state index >= 15 is 0 Å². The van der Waals surface area contributed by atoms with Crippen LogP contribution in [0.3, 0.4) is 0 Å². The van der Waals surface area contributed by atoms with Crippen molar-refractivity contribution in [3.8, 4) is 0 Å². The molecule has 0 fully saturated rings. The van der Waals surface area contributed by atoms with Crippen molar-refractivity contribution in [2.75, 3.05) is 6.61 Å². The van der Waals surface area contributed by atoms with Crippen molar-refractivity contribution in [2.45, 2.75) is 11.8 Å². The smallest absolute Gasteiger partial charge is 1.00 e. The Morgan fingerprint density at radius 1 is 0.900 bits per heavy atom. The first-order valence-electron chi connectivity index (χ1n) is 6.12. The molecule has 5 heteroatoms. The van der Waals surface area contributed by atoms with Gasteiger partial charge >= 0.3 is 23.1 Å². The van der Waals surface area contributed by atoms with E-state index in [0.717, 1.165) is 0 Å². The molecular weight excluding hydrogens is 325 g/mol. The Labute approximate surface area is 147 Å². The van der Waals surface area contributed by atoms with Gasteiger partial charge in [0.2, 0.25) is 0 Å². The maximum atomic E-state index is 9.12. The molecule has 0 saturated carbocycles. The van der Waals surface area contributed by atoms with Gasteiger partial charge in [0.05, 0.1) is 6.61 Å². The second-order valence-electron chi connectivity index (χ2n) is 4.34. The summed E-state index contributed by atoms with van der Waals surface area (Å²) >= 11 is 0. The fourth-order valence-corrected chi connectivity index (χ4v) is 2.04. The molecule has 0 saturated heterocycles. The third kappa shape index (κ3) is 5.58. The molecule has 0 aliphatic carbocycles. The van der Waals surface area contributed by atoms with Crippen LogP contribution in [-0.4, -0.2) is 48.0 Å². The largest absolute Gasteiger partial charge is 2.00 e. The average molecular weight is 342 g/mol. The van der Waals surface area contributed by atoms with Crippen LogP contribution in [0.25, 0.3) is 0 Å². The maximum absolute atomic E-state index is 9.12. The molecule has 0 bridgehead atoms. The molecule has 0 aromatic heterocycles. The Morgan fingerprint density at radius 3 is 1.65 bits per heavy atom. The van der Waals surface area contributed by atoms with Crippen LogP contribution in [0.2, 0.25) is 0 Å². The molecule has 2 aromatic carbocycles. The van der Waals surface area contributed by atoms with E-state index < -0.39 is 0 Å². The van der Waals surface area contributed by atoms with Crippen molar-refractivity contribution in [3.05, 3.63) is 71.8 Å². The summed E-state index contributed by atoms with van der Waals surface area (Å²) in [6, 6.07) is 20.4. The van der Waals surface area contributed by atoms with Crippen molar-refractivity contribution < 1.29 is 22.1 Å². The number of benzene rings is 2. The van der Waals surface area contributed by atoms with Crippen LogP contribution in [0.15, 0.2) is 60.7 Å². The molecule has 2 nitrogen and oxygen atoms in total. The summed E-state index contributed by atoms with van der Waals surface area (Å²) in [5, 5.41) is 9.12. The standard InChI is InChI=1S/C15H17BNO.BrH.Mg/c17-14(11-18)16-15(12-7-3-1-4-8-12)13-9-5-2-6-10-13;;/h1-10,14-15,18H,11,17H2;1H;/q;;+2/p-1. The minimum Gasteiger partial charge on any atom is -1.00 e. The molecule has 1 atom stereocenters. The van der Waals surface area contributed by atoms with E-state index in [4.69, 9.17) is 10.8 Å². The minimum atomic E-state index is -0.310. The van der Waals surface area contributed by atoms with E-state index in [-0.39, 0.29) is 58.4 Å². The molecular formula is C15H17BBrMgNO+. The van der Waals surface area contributed by atoms with Gasteiger partial charge in [0.15, 0.2) is 7.28 Å². The monoisotopic (exact) mass is 341 g/mol. The summed E-state index contributed by atoms with van der Waals surface area (Å²) in [5.74, 6) is -0.190. The number of aliphatic hydroxyl groups is 1. The molecule has 3 N–H and O–H groups in total. The van der Waals surface area contributed by atoms with Crippen LogP contribution in [0, 0.1) is 0 Å². The van der Waals surface area contributed by atoms with Gasteiger partial charge < -0.3 is 27.8 Å². The van der Waals surface area contributed by atoms with Crippen LogP contribution in [-0.2, 0) is 0 Å². The minimum absolute atomic E-state index is 0. The van der Waals surface area contributed by atoms with Crippen molar-refractivity contribution in [3.63, 3.8) is 0 Å². The molecule has 0 amide bonds. The first kappa shape index (κ1) is 19.7. The first-order valence-corrected chi connectivity index (χ1v) is 6.12. The summed E-state index contributed by atoms with van der Waals surface area (Å²) in [5.41, 5.74) is 8.22. The van der Waals surface area contributed by atoms with Crippen LogP contribution in [0.1, 0.15) is 16.9 Å². The number of hydrogen-bond acceptors (Lipinski definition) is 2. The fraction of sp³-hybridized carbons (Fsp3) is 0.200. The summed E-state index contributed by atoms with van der Waals surface area (Å²) in [7, 11) is 1.99. The van der Waals surface area contributed by atoms with E-state index in [9.17, 15) is 0 Å². The van der Waals surface area contributed by atoms with Crippen molar-refractivity contribution in [2.24, 2.45) is 5.73 Å². The van der Waals surface area contributed by atoms with Gasteiger partial charge in [0.1, 0.15) is 0 Å². The third-order valence-electron chi connectivity index (χ3n) is 2.97. The molecule has 0 aliphatic rings. The van der Waals surface area contributed by atoms with Gasteiger partial charge in [-0.2, -0.15) is 0 Å². The molecule has 0 heterocycles. The number of aliphatic hydroxyl groups excluding tert-OH is 1. The Morgan fingerprint density at radius 2 is 1.30 bits per heavy atom. The van der Waals surface area contributed by atoms with Crippen molar-refractivity contribution in [1.82, 2.24) is 0 Å². The van der Waals surface area contributed by atoms with Gasteiger partial charge in [-0.1, -0.05) is 60.7 Å². The molecule has 1 unspecified atom stereocenters. The molecule has 2 rings (SSSR count). The van der Waals surface area contributed by atoms with Gasteiger partial charge in [-0.25, -0.2) is 0 Å². The molecule has 1 radical (unpaired) electrons. The van der Waals surface area contributed by atoms with E-state index in [1.807, 2.05) is 43.7 Å². The summed E-state index contributed by atoms with van der Waals surface area (Å²) in [6.45, 7) is -0.0316. The number of rotatable bonds is 5. The predicted molar refractivity (Wildman–Crippen MR) is 81.3 cm³/mol. The van der Waals surface area contributed by atoms with Gasteiger partial charge in [-0.05, 0) is 22.9 Å². The fourth-order valence-electron chi connectivity index (χ4n) is 2.04. The second-order valence-corrected chi connectivity index (χ2v) is 4.34. The Balaban J connectivity index is 0.00000180. The number of hydrogen-bond donors (Lipinski definition) is 2. The Kier molecular flexibility index (Phi) is 10.2. The van der Waals surface area contributed by atoms with Gasteiger partial charge in [-0.3, -0.25) is 0 Å². The summed E-state index contributed by atoms with van der Waals surface area (Å²) < 4.78 is 0. The summed E-state index contributed by atoms with van der Waals surface area (Å²) in [6.07, 6.45) is 0. The van der Waals surface area contributed by atoms with E-state index in [1.54, 1.807) is 0 Å². The zero-order valence-electron chi connectivity index (χ0n) is 11.3. The Hall–Kier alpha value is -0.329. The molecule has 99 valence electrons. The zero-order valence-corrected chi connectivity index (χ0v) is 14.3. The van der Waals surface area contributed by atoms with E-state index in [0.29, 0.717) is 0 Å². The van der Waals surface area contributed by atoms with E-state index in [1.165, 1.54) is 11.1 Å². The van der Waals surface area contributed by atoms with Crippen molar-refractivity contribution >= 4 is 30.3 Å². The quantitative estimate of drug-likeness (QED) is 0.642. The van der Waals surface area contributed by atoms with Crippen molar-refractivity contribution in [1.29, 1.82) is 0 Å². The second kappa shape index (κ2) is 10.4. The van der Waals surface area contributed by atoms with Crippen LogP contribution >= 0.6 is 0 Å². The Bertz CT molecular complexity index is 432. The average Bonchev–Trinajstić information content (AvgIpc) is 2.46. The normalized spacial score (nSPS) is 11.2. The maximum Gasteiger partial charge on any atom is 2.00 e. The van der Waals surface area contributed by atoms with E-state index in [2.05, 4.69) is 24.3 Å². The van der Waals surface area contributed by atoms with Gasteiger partial charge in [0, 0.05) is 0 Å². The number of nitrogens with two attached hydrogens (primary N) is 1. The first-order chi connectivity index (χ1) is 8.81. The van der Waals surface area contributed by atoms with Gasteiger partial charge in [-0.15, -0.1) is 0 Å². The SMILES string of the molecule is NC([B]C(c1ccccc1)c1ccccc1)CO.[Br-].[Mg+2]. The van der Waals surface area contributed by atoms with Crippen LogP contribution in [0.5, 0.6) is 0 Å². The van der Waals surface area contributed by atoms with Crippen LogP contribution in [0.4, 0.5) is 0 Å². The topological polar surface area (TPSA) is 46.2 Å². The molecule has 0 aliphatic heterocycles. The third-order valence-corrected chi connectivity index (χ3v) is 2.97. The summed E-state index contributed by atoms with van der Waals surface area (Å²) in [4.78, 5) is 0.